The fraction of sp³-hybridized carbons (Fsp3) is 0.381. The van der Waals surface area contributed by atoms with Gasteiger partial charge in [-0.05, 0) is 56.0 Å². The average Bonchev–Trinajstić information content (AvgIpc) is 2.91. The normalized spacial score (nSPS) is 15.0. The van der Waals surface area contributed by atoms with Crippen LogP contribution in [-0.2, 0) is 0 Å². The second-order valence-corrected chi connectivity index (χ2v) is 6.81. The topological polar surface area (TPSA) is 61.4 Å². The van der Waals surface area contributed by atoms with E-state index in [1.165, 1.54) is 36.0 Å². The molecule has 1 aromatic carbocycles. The number of aryl methyl sites for hydroxylation is 2. The number of rotatable bonds is 3. The van der Waals surface area contributed by atoms with Crippen LogP contribution in [0.25, 0.3) is 0 Å². The molecule has 0 saturated carbocycles. The van der Waals surface area contributed by atoms with Gasteiger partial charge in [0.25, 0.3) is 5.56 Å². The van der Waals surface area contributed by atoms with E-state index >= 15 is 0 Å². The molecule has 134 valence electrons. The smallest absolute Gasteiger partial charge is 0.289 e. The van der Waals surface area contributed by atoms with E-state index in [1.54, 1.807) is 19.2 Å². The molecule has 0 radical (unpaired) electrons. The van der Waals surface area contributed by atoms with Gasteiger partial charge in [0.05, 0.1) is 6.21 Å². The van der Waals surface area contributed by atoms with E-state index in [1.807, 2.05) is 25.1 Å². The van der Waals surface area contributed by atoms with Gasteiger partial charge >= 0.3 is 0 Å². The summed E-state index contributed by atoms with van der Waals surface area (Å²) in [5.41, 5.74) is 3.33. The van der Waals surface area contributed by atoms with E-state index in [0.29, 0.717) is 11.3 Å². The molecule has 0 unspecified atom stereocenters. The van der Waals surface area contributed by atoms with Crippen molar-refractivity contribution in [1.29, 1.82) is 5.26 Å². The highest BCUT2D eigenvalue weighted by atomic mass is 16.1. The van der Waals surface area contributed by atoms with Crippen molar-refractivity contribution in [2.24, 2.45) is 5.10 Å². The second kappa shape index (κ2) is 8.01. The first kappa shape index (κ1) is 17.9. The summed E-state index contributed by atoms with van der Waals surface area (Å²) in [6.45, 7) is 5.81. The molecule has 2 heterocycles. The fourth-order valence-corrected chi connectivity index (χ4v) is 3.39. The van der Waals surface area contributed by atoms with Crippen LogP contribution < -0.4 is 10.5 Å². The lowest BCUT2D eigenvalue weighted by Crippen LogP contribution is -2.23. The van der Waals surface area contributed by atoms with Crippen LogP contribution in [0.5, 0.6) is 0 Å². The van der Waals surface area contributed by atoms with E-state index in [9.17, 15) is 4.79 Å². The Kier molecular flexibility index (Phi) is 5.52. The van der Waals surface area contributed by atoms with Gasteiger partial charge in [-0.15, -0.1) is 0 Å². The summed E-state index contributed by atoms with van der Waals surface area (Å²) in [4.78, 5) is 14.8. The zero-order valence-electron chi connectivity index (χ0n) is 15.4. The van der Waals surface area contributed by atoms with Crippen LogP contribution in [0.2, 0.25) is 0 Å². The highest BCUT2D eigenvalue weighted by Gasteiger charge is 2.10. The van der Waals surface area contributed by atoms with Crippen LogP contribution in [0.15, 0.2) is 40.2 Å². The highest BCUT2D eigenvalue weighted by molar-refractivity contribution is 5.80. The Balaban J connectivity index is 1.81. The van der Waals surface area contributed by atoms with Gasteiger partial charge in [-0.25, -0.2) is 4.68 Å². The molecule has 5 heteroatoms. The minimum Gasteiger partial charge on any atom is -0.372 e. The number of anilines is 1. The molecule has 0 spiro atoms. The van der Waals surface area contributed by atoms with E-state index in [0.717, 1.165) is 18.7 Å². The third-order valence-electron chi connectivity index (χ3n) is 4.86. The first-order valence-corrected chi connectivity index (χ1v) is 9.13. The van der Waals surface area contributed by atoms with Gasteiger partial charge in [-0.3, -0.25) is 4.79 Å². The average molecular weight is 348 g/mol. The molecule has 1 aliphatic rings. The molecular formula is C21H24N4O. The molecule has 2 aromatic rings. The number of hydrogen-bond acceptors (Lipinski definition) is 4. The van der Waals surface area contributed by atoms with Crippen molar-refractivity contribution < 1.29 is 0 Å². The summed E-state index contributed by atoms with van der Waals surface area (Å²) < 4.78 is 1.29. The quantitative estimate of drug-likeness (QED) is 0.796. The van der Waals surface area contributed by atoms with Gasteiger partial charge in [0.15, 0.2) is 0 Å². The lowest BCUT2D eigenvalue weighted by Gasteiger charge is -2.22. The molecule has 0 amide bonds. The number of nitrogens with zero attached hydrogens (tertiary/aromatic N) is 4. The van der Waals surface area contributed by atoms with Gasteiger partial charge in [0, 0.05) is 24.5 Å². The first-order valence-electron chi connectivity index (χ1n) is 9.13. The monoisotopic (exact) mass is 348 g/mol. The van der Waals surface area contributed by atoms with Crippen LogP contribution >= 0.6 is 0 Å². The van der Waals surface area contributed by atoms with Crippen LogP contribution in [0, 0.1) is 25.2 Å². The van der Waals surface area contributed by atoms with Crippen molar-refractivity contribution in [3.63, 3.8) is 0 Å². The molecule has 1 saturated heterocycles. The lowest BCUT2D eigenvalue weighted by atomic mass is 10.1. The van der Waals surface area contributed by atoms with Gasteiger partial charge in [-0.1, -0.05) is 25.0 Å². The number of hydrogen-bond donors (Lipinski definition) is 0. The molecular weight excluding hydrogens is 324 g/mol. The molecule has 1 aromatic heterocycles. The zero-order chi connectivity index (χ0) is 18.5. The number of nitriles is 1. The maximum atomic E-state index is 12.4. The van der Waals surface area contributed by atoms with E-state index in [2.05, 4.69) is 22.1 Å². The molecule has 0 aliphatic carbocycles. The maximum Gasteiger partial charge on any atom is 0.289 e. The molecule has 0 atom stereocenters. The number of pyridine rings is 1. The Morgan fingerprint density at radius 3 is 2.35 bits per heavy atom. The predicted octanol–water partition coefficient (Wildman–Crippen LogP) is 3.60. The standard InChI is InChI=1S/C21H24N4O/c1-16-13-17(2)25(21(26)20(16)14-22)23-15-18-7-9-19(10-8-18)24-11-5-3-4-6-12-24/h7-10,13,15H,3-6,11-12H2,1-2H3/b23-15-. The van der Waals surface area contributed by atoms with Gasteiger partial charge in [0.1, 0.15) is 11.6 Å². The van der Waals surface area contributed by atoms with Crippen LogP contribution in [0.4, 0.5) is 5.69 Å². The Labute approximate surface area is 154 Å². The minimum absolute atomic E-state index is 0.143. The summed E-state index contributed by atoms with van der Waals surface area (Å²) in [5.74, 6) is 0. The zero-order valence-corrected chi connectivity index (χ0v) is 15.4. The van der Waals surface area contributed by atoms with Crippen molar-refractivity contribution in [2.45, 2.75) is 39.5 Å². The molecule has 1 fully saturated rings. The second-order valence-electron chi connectivity index (χ2n) is 6.81. The van der Waals surface area contributed by atoms with Gasteiger partial charge in [-0.2, -0.15) is 10.4 Å². The predicted molar refractivity (Wildman–Crippen MR) is 105 cm³/mol. The first-order chi connectivity index (χ1) is 12.6. The highest BCUT2D eigenvalue weighted by Crippen LogP contribution is 2.19. The third kappa shape index (κ3) is 3.85. The number of aromatic nitrogens is 1. The molecule has 1 aliphatic heterocycles. The van der Waals surface area contributed by atoms with Crippen molar-refractivity contribution >= 4 is 11.9 Å². The summed E-state index contributed by atoms with van der Waals surface area (Å²) in [6.07, 6.45) is 6.80. The van der Waals surface area contributed by atoms with Gasteiger partial charge in [0.2, 0.25) is 0 Å². The molecule has 0 N–H and O–H groups in total. The third-order valence-corrected chi connectivity index (χ3v) is 4.86. The molecule has 26 heavy (non-hydrogen) atoms. The lowest BCUT2D eigenvalue weighted by molar-refractivity contribution is 0.726. The Morgan fingerprint density at radius 1 is 1.08 bits per heavy atom. The fourth-order valence-electron chi connectivity index (χ4n) is 3.39. The molecule has 0 bridgehead atoms. The van der Waals surface area contributed by atoms with E-state index in [4.69, 9.17) is 5.26 Å². The van der Waals surface area contributed by atoms with Crippen molar-refractivity contribution in [1.82, 2.24) is 4.68 Å². The molecule has 5 nitrogen and oxygen atoms in total. The van der Waals surface area contributed by atoms with Crippen LogP contribution in [-0.4, -0.2) is 24.0 Å². The SMILES string of the molecule is Cc1cc(C)n(/N=C\c2ccc(N3CCCCCC3)cc2)c(=O)c1C#N. The largest absolute Gasteiger partial charge is 0.372 e. The van der Waals surface area contributed by atoms with E-state index in [-0.39, 0.29) is 11.1 Å². The Morgan fingerprint density at radius 2 is 1.73 bits per heavy atom. The number of benzene rings is 1. The summed E-state index contributed by atoms with van der Waals surface area (Å²) in [7, 11) is 0. The summed E-state index contributed by atoms with van der Waals surface area (Å²) >= 11 is 0. The maximum absolute atomic E-state index is 12.4. The minimum atomic E-state index is -0.373. The van der Waals surface area contributed by atoms with Gasteiger partial charge < -0.3 is 4.90 Å². The van der Waals surface area contributed by atoms with Crippen LogP contribution in [0.3, 0.4) is 0 Å². The van der Waals surface area contributed by atoms with E-state index < -0.39 is 0 Å². The Bertz CT molecular complexity index is 895. The summed E-state index contributed by atoms with van der Waals surface area (Å²) in [5, 5.41) is 13.5. The summed E-state index contributed by atoms with van der Waals surface area (Å²) in [6, 6.07) is 12.0. The molecule has 3 rings (SSSR count). The van der Waals surface area contributed by atoms with Crippen molar-refractivity contribution in [2.75, 3.05) is 18.0 Å². The van der Waals surface area contributed by atoms with Crippen LogP contribution in [0.1, 0.15) is 48.1 Å². The Hall–Kier alpha value is -2.87. The van der Waals surface area contributed by atoms with Crippen molar-refractivity contribution in [3.05, 3.63) is 63.1 Å². The van der Waals surface area contributed by atoms with Crippen molar-refractivity contribution in [3.8, 4) is 6.07 Å².